The van der Waals surface area contributed by atoms with Gasteiger partial charge in [-0.25, -0.2) is 0 Å². The van der Waals surface area contributed by atoms with Crippen molar-refractivity contribution in [2.45, 2.75) is 30.1 Å². The molecular weight excluding hydrogens is 304 g/mol. The number of anilines is 1. The molecule has 2 aromatic rings. The van der Waals surface area contributed by atoms with Gasteiger partial charge in [0.25, 0.3) is 0 Å². The molecule has 1 amide bonds. The number of benzene rings is 1. The number of carbonyl (C=O) groups excluding carboxylic acids is 1. The quantitative estimate of drug-likeness (QED) is 0.765. The third kappa shape index (κ3) is 5.73. The minimum Gasteiger partial charge on any atom is -0.374 e. The minimum absolute atomic E-state index is 0.00864. The standard InChI is InChI=1S/C14H18N4OS2/c1-10(7-8-11-5-3-2-4-6-11)16-12(19)9-20-14-18-17-13(15)21-14/h2-6,10H,7-9H2,1H3,(H2,15,17)(H,16,19)/t10-/m1/s1. The zero-order valence-electron chi connectivity index (χ0n) is 11.8. The van der Waals surface area contributed by atoms with Crippen LogP contribution in [0.4, 0.5) is 5.13 Å². The average Bonchev–Trinajstić information content (AvgIpc) is 2.90. The van der Waals surface area contributed by atoms with Crippen molar-refractivity contribution in [3.8, 4) is 0 Å². The fourth-order valence-electron chi connectivity index (χ4n) is 1.82. The fraction of sp³-hybridized carbons (Fsp3) is 0.357. The number of nitrogen functional groups attached to an aromatic ring is 1. The molecule has 0 spiro atoms. The first-order chi connectivity index (χ1) is 10.1. The summed E-state index contributed by atoms with van der Waals surface area (Å²) in [5, 5.41) is 11.0. The zero-order valence-corrected chi connectivity index (χ0v) is 13.4. The van der Waals surface area contributed by atoms with E-state index in [1.54, 1.807) is 0 Å². The Hall–Kier alpha value is -1.60. The van der Waals surface area contributed by atoms with Crippen LogP contribution in [0.5, 0.6) is 0 Å². The summed E-state index contributed by atoms with van der Waals surface area (Å²) < 4.78 is 0.722. The molecule has 21 heavy (non-hydrogen) atoms. The first kappa shape index (κ1) is 15.8. The van der Waals surface area contributed by atoms with Crippen LogP contribution in [0.25, 0.3) is 0 Å². The van der Waals surface area contributed by atoms with E-state index in [4.69, 9.17) is 5.73 Å². The lowest BCUT2D eigenvalue weighted by molar-refractivity contribution is -0.119. The van der Waals surface area contributed by atoms with Crippen molar-refractivity contribution < 1.29 is 4.79 Å². The molecule has 0 radical (unpaired) electrons. The third-order valence-corrected chi connectivity index (χ3v) is 4.75. The first-order valence-electron chi connectivity index (χ1n) is 6.68. The van der Waals surface area contributed by atoms with Crippen LogP contribution in [0.2, 0.25) is 0 Å². The number of carbonyl (C=O) groups is 1. The molecule has 0 aliphatic carbocycles. The van der Waals surface area contributed by atoms with E-state index < -0.39 is 0 Å². The number of hydrogen-bond acceptors (Lipinski definition) is 6. The van der Waals surface area contributed by atoms with Crippen molar-refractivity contribution in [1.29, 1.82) is 0 Å². The summed E-state index contributed by atoms with van der Waals surface area (Å²) in [6.45, 7) is 2.02. The molecule has 1 atom stereocenters. The number of thioether (sulfide) groups is 1. The van der Waals surface area contributed by atoms with Gasteiger partial charge in [0.2, 0.25) is 11.0 Å². The van der Waals surface area contributed by atoms with E-state index in [-0.39, 0.29) is 11.9 Å². The Kier molecular flexibility index (Phi) is 6.01. The van der Waals surface area contributed by atoms with Crippen molar-refractivity contribution in [2.75, 3.05) is 11.5 Å². The zero-order chi connectivity index (χ0) is 15.1. The summed E-state index contributed by atoms with van der Waals surface area (Å²) in [5.41, 5.74) is 6.78. The van der Waals surface area contributed by atoms with Crippen LogP contribution >= 0.6 is 23.1 Å². The molecule has 3 N–H and O–H groups in total. The van der Waals surface area contributed by atoms with E-state index in [1.807, 2.05) is 25.1 Å². The van der Waals surface area contributed by atoms with Gasteiger partial charge in [-0.1, -0.05) is 53.4 Å². The molecule has 1 aromatic carbocycles. The van der Waals surface area contributed by atoms with Crippen LogP contribution < -0.4 is 11.1 Å². The van der Waals surface area contributed by atoms with Gasteiger partial charge in [-0.3, -0.25) is 4.79 Å². The molecule has 7 heteroatoms. The van der Waals surface area contributed by atoms with Gasteiger partial charge < -0.3 is 11.1 Å². The molecule has 0 aliphatic rings. The Morgan fingerprint density at radius 2 is 2.14 bits per heavy atom. The molecule has 0 aliphatic heterocycles. The molecule has 0 saturated heterocycles. The molecule has 2 rings (SSSR count). The van der Waals surface area contributed by atoms with Gasteiger partial charge in [-0.15, -0.1) is 10.2 Å². The van der Waals surface area contributed by atoms with E-state index in [0.29, 0.717) is 10.9 Å². The number of rotatable bonds is 7. The van der Waals surface area contributed by atoms with E-state index in [2.05, 4.69) is 27.6 Å². The van der Waals surface area contributed by atoms with Gasteiger partial charge >= 0.3 is 0 Å². The average molecular weight is 322 g/mol. The van der Waals surface area contributed by atoms with Gasteiger partial charge in [0, 0.05) is 6.04 Å². The lowest BCUT2D eigenvalue weighted by Crippen LogP contribution is -2.34. The summed E-state index contributed by atoms with van der Waals surface area (Å²) in [4.78, 5) is 11.8. The Labute approximate surface area is 132 Å². The number of nitrogens with zero attached hydrogens (tertiary/aromatic N) is 2. The molecule has 112 valence electrons. The van der Waals surface area contributed by atoms with Crippen LogP contribution in [-0.4, -0.2) is 27.9 Å². The third-order valence-electron chi connectivity index (χ3n) is 2.87. The van der Waals surface area contributed by atoms with Gasteiger partial charge in [-0.2, -0.15) is 0 Å². The number of aryl methyl sites for hydroxylation is 1. The second-order valence-electron chi connectivity index (χ2n) is 4.69. The maximum Gasteiger partial charge on any atom is 0.230 e. The highest BCUT2D eigenvalue weighted by Gasteiger charge is 2.10. The summed E-state index contributed by atoms with van der Waals surface area (Å²) >= 11 is 2.65. The van der Waals surface area contributed by atoms with Gasteiger partial charge in [0.05, 0.1) is 5.75 Å². The summed E-state index contributed by atoms with van der Waals surface area (Å²) in [6.07, 6.45) is 1.88. The van der Waals surface area contributed by atoms with E-state index >= 15 is 0 Å². The molecule has 0 fully saturated rings. The highest BCUT2D eigenvalue weighted by molar-refractivity contribution is 8.01. The van der Waals surface area contributed by atoms with Crippen LogP contribution in [-0.2, 0) is 11.2 Å². The number of nitrogens with two attached hydrogens (primary N) is 1. The van der Waals surface area contributed by atoms with Crippen molar-refractivity contribution in [3.05, 3.63) is 35.9 Å². The summed E-state index contributed by atoms with van der Waals surface area (Å²) in [5.74, 6) is 0.346. The largest absolute Gasteiger partial charge is 0.374 e. The Balaban J connectivity index is 1.67. The summed E-state index contributed by atoms with van der Waals surface area (Å²) in [7, 11) is 0. The second kappa shape index (κ2) is 7.99. The lowest BCUT2D eigenvalue weighted by Gasteiger charge is -2.13. The topological polar surface area (TPSA) is 80.9 Å². The highest BCUT2D eigenvalue weighted by atomic mass is 32.2. The molecule has 1 aromatic heterocycles. The molecule has 0 bridgehead atoms. The van der Waals surface area contributed by atoms with E-state index in [1.165, 1.54) is 28.7 Å². The van der Waals surface area contributed by atoms with E-state index in [0.717, 1.165) is 17.2 Å². The van der Waals surface area contributed by atoms with E-state index in [9.17, 15) is 4.79 Å². The van der Waals surface area contributed by atoms with Gasteiger partial charge in [0.1, 0.15) is 0 Å². The number of nitrogens with one attached hydrogen (secondary N) is 1. The number of aromatic nitrogens is 2. The Morgan fingerprint density at radius 1 is 1.38 bits per heavy atom. The van der Waals surface area contributed by atoms with Crippen molar-refractivity contribution in [1.82, 2.24) is 15.5 Å². The molecule has 1 heterocycles. The van der Waals surface area contributed by atoms with Crippen molar-refractivity contribution in [2.24, 2.45) is 0 Å². The Morgan fingerprint density at radius 3 is 2.81 bits per heavy atom. The van der Waals surface area contributed by atoms with Crippen LogP contribution in [0.15, 0.2) is 34.7 Å². The van der Waals surface area contributed by atoms with Crippen LogP contribution in [0.3, 0.4) is 0 Å². The van der Waals surface area contributed by atoms with Crippen LogP contribution in [0.1, 0.15) is 18.9 Å². The maximum atomic E-state index is 11.8. The van der Waals surface area contributed by atoms with Crippen molar-refractivity contribution >= 4 is 34.1 Å². The predicted octanol–water partition coefficient (Wildman–Crippen LogP) is 2.35. The highest BCUT2D eigenvalue weighted by Crippen LogP contribution is 2.23. The predicted molar refractivity (Wildman–Crippen MR) is 87.4 cm³/mol. The summed E-state index contributed by atoms with van der Waals surface area (Å²) in [6, 6.07) is 10.4. The first-order valence-corrected chi connectivity index (χ1v) is 8.49. The minimum atomic E-state index is 0.00864. The number of amides is 1. The molecule has 5 nitrogen and oxygen atoms in total. The van der Waals surface area contributed by atoms with Gasteiger partial charge in [-0.05, 0) is 25.3 Å². The normalized spacial score (nSPS) is 12.0. The maximum absolute atomic E-state index is 11.8. The molecule has 0 saturated carbocycles. The van der Waals surface area contributed by atoms with Crippen LogP contribution in [0, 0.1) is 0 Å². The molecule has 0 unspecified atom stereocenters. The SMILES string of the molecule is C[C@H](CCc1ccccc1)NC(=O)CSc1nnc(N)s1. The fourth-order valence-corrected chi connectivity index (χ4v) is 3.27. The number of hydrogen-bond donors (Lipinski definition) is 2. The molecular formula is C14H18N4OS2. The second-order valence-corrected chi connectivity index (χ2v) is 6.92. The smallest absolute Gasteiger partial charge is 0.230 e. The lowest BCUT2D eigenvalue weighted by atomic mass is 10.1. The van der Waals surface area contributed by atoms with Gasteiger partial charge in [0.15, 0.2) is 4.34 Å². The monoisotopic (exact) mass is 322 g/mol. The Bertz CT molecular complexity index is 573. The van der Waals surface area contributed by atoms with Crippen molar-refractivity contribution in [3.63, 3.8) is 0 Å².